The van der Waals surface area contributed by atoms with E-state index in [0.717, 1.165) is 25.7 Å². The van der Waals surface area contributed by atoms with Gasteiger partial charge in [0.2, 0.25) is 0 Å². The lowest BCUT2D eigenvalue weighted by Crippen LogP contribution is -2.43. The summed E-state index contributed by atoms with van der Waals surface area (Å²) in [4.78, 5) is 24.3. The molecule has 1 fully saturated rings. The first-order valence-corrected chi connectivity index (χ1v) is 9.33. The van der Waals surface area contributed by atoms with Crippen molar-refractivity contribution in [3.8, 4) is 5.75 Å². The molecule has 0 saturated heterocycles. The van der Waals surface area contributed by atoms with E-state index >= 15 is 0 Å². The molecule has 0 spiro atoms. The second-order valence-corrected chi connectivity index (χ2v) is 7.14. The minimum absolute atomic E-state index is 0.0317. The lowest BCUT2D eigenvalue weighted by molar-refractivity contribution is -0.136. The molecule has 132 valence electrons. The van der Waals surface area contributed by atoms with E-state index in [1.54, 1.807) is 42.7 Å². The second-order valence-electron chi connectivity index (χ2n) is 6.36. The number of rotatable bonds is 5. The smallest absolute Gasteiger partial charge is 0.313 e. The van der Waals surface area contributed by atoms with Crippen LogP contribution in [0.1, 0.15) is 31.2 Å². The van der Waals surface area contributed by atoms with E-state index in [9.17, 15) is 9.59 Å². The Morgan fingerprint density at radius 3 is 2.44 bits per heavy atom. The highest BCUT2D eigenvalue weighted by Gasteiger charge is 2.36. The maximum atomic E-state index is 12.2. The molecule has 1 heterocycles. The van der Waals surface area contributed by atoms with Crippen LogP contribution >= 0.6 is 11.3 Å². The molecule has 2 N–H and O–H groups in total. The van der Waals surface area contributed by atoms with Gasteiger partial charge in [-0.05, 0) is 59.5 Å². The van der Waals surface area contributed by atoms with E-state index in [2.05, 4.69) is 27.5 Å². The van der Waals surface area contributed by atoms with Gasteiger partial charge in [-0.1, -0.05) is 12.8 Å². The standard InChI is InChI=1S/C19H22N2O3S/c1-24-16-6-4-15(5-7-16)21-18(23)17(22)20-13-19(9-2-3-10-19)14-8-11-25-12-14/h4-8,11-12H,2-3,9-10,13H2,1H3,(H,20,22)(H,21,23). The molecule has 0 aliphatic heterocycles. The molecule has 2 aromatic rings. The van der Waals surface area contributed by atoms with Gasteiger partial charge in [-0.15, -0.1) is 0 Å². The van der Waals surface area contributed by atoms with Crippen molar-refractivity contribution in [1.29, 1.82) is 0 Å². The number of carbonyl (C=O) groups excluding carboxylic acids is 2. The van der Waals surface area contributed by atoms with Gasteiger partial charge in [-0.2, -0.15) is 11.3 Å². The van der Waals surface area contributed by atoms with Gasteiger partial charge in [-0.3, -0.25) is 9.59 Å². The van der Waals surface area contributed by atoms with Crippen LogP contribution in [0.5, 0.6) is 5.75 Å². The monoisotopic (exact) mass is 358 g/mol. The molecule has 6 heteroatoms. The summed E-state index contributed by atoms with van der Waals surface area (Å²) in [5.74, 6) is -0.553. The number of carbonyl (C=O) groups is 2. The Balaban J connectivity index is 1.58. The van der Waals surface area contributed by atoms with Crippen molar-refractivity contribution in [3.05, 3.63) is 46.7 Å². The Labute approximate surface area is 151 Å². The molecule has 0 bridgehead atoms. The Morgan fingerprint density at radius 2 is 1.84 bits per heavy atom. The normalized spacial score (nSPS) is 15.6. The summed E-state index contributed by atoms with van der Waals surface area (Å²) in [5.41, 5.74) is 1.80. The summed E-state index contributed by atoms with van der Waals surface area (Å²) in [6.45, 7) is 0.499. The van der Waals surface area contributed by atoms with E-state index in [0.29, 0.717) is 18.0 Å². The SMILES string of the molecule is COc1ccc(NC(=O)C(=O)NCC2(c3ccsc3)CCCC2)cc1. The molecule has 1 aliphatic carbocycles. The average molecular weight is 358 g/mol. The summed E-state index contributed by atoms with van der Waals surface area (Å²) in [7, 11) is 1.58. The van der Waals surface area contributed by atoms with E-state index < -0.39 is 11.8 Å². The molecule has 5 nitrogen and oxygen atoms in total. The molecule has 0 atom stereocenters. The summed E-state index contributed by atoms with van der Waals surface area (Å²) in [6.07, 6.45) is 4.40. The van der Waals surface area contributed by atoms with Crippen molar-refractivity contribution in [2.75, 3.05) is 19.0 Å². The average Bonchev–Trinajstić information content (AvgIpc) is 3.32. The fourth-order valence-electron chi connectivity index (χ4n) is 3.38. The number of anilines is 1. The molecule has 2 amide bonds. The highest BCUT2D eigenvalue weighted by molar-refractivity contribution is 7.08. The van der Waals surface area contributed by atoms with Crippen LogP contribution in [0.4, 0.5) is 5.69 Å². The zero-order valence-corrected chi connectivity index (χ0v) is 15.0. The Hall–Kier alpha value is -2.34. The summed E-state index contributed by atoms with van der Waals surface area (Å²) < 4.78 is 5.07. The van der Waals surface area contributed by atoms with Crippen molar-refractivity contribution in [3.63, 3.8) is 0 Å². The highest BCUT2D eigenvalue weighted by atomic mass is 32.1. The summed E-state index contributed by atoms with van der Waals surface area (Å²) in [5, 5.41) is 9.65. The number of methoxy groups -OCH3 is 1. The lowest BCUT2D eigenvalue weighted by Gasteiger charge is -2.28. The van der Waals surface area contributed by atoms with Crippen LogP contribution in [-0.4, -0.2) is 25.5 Å². The van der Waals surface area contributed by atoms with Gasteiger partial charge in [-0.25, -0.2) is 0 Å². The van der Waals surface area contributed by atoms with Gasteiger partial charge in [0.15, 0.2) is 0 Å². The number of nitrogens with one attached hydrogen (secondary N) is 2. The van der Waals surface area contributed by atoms with E-state index in [4.69, 9.17) is 4.74 Å². The van der Waals surface area contributed by atoms with Gasteiger partial charge in [0.05, 0.1) is 7.11 Å². The Morgan fingerprint density at radius 1 is 1.12 bits per heavy atom. The van der Waals surface area contributed by atoms with Crippen molar-refractivity contribution in [2.24, 2.45) is 0 Å². The lowest BCUT2D eigenvalue weighted by atomic mass is 9.80. The minimum Gasteiger partial charge on any atom is -0.497 e. The predicted octanol–water partition coefficient (Wildman–Crippen LogP) is 3.32. The van der Waals surface area contributed by atoms with E-state index in [-0.39, 0.29) is 5.41 Å². The van der Waals surface area contributed by atoms with Gasteiger partial charge >= 0.3 is 11.8 Å². The number of hydrogen-bond donors (Lipinski definition) is 2. The number of benzene rings is 1. The fourth-order valence-corrected chi connectivity index (χ4v) is 4.16. The second kappa shape index (κ2) is 7.70. The molecular formula is C19H22N2O3S. The Bertz CT molecular complexity index is 720. The minimum atomic E-state index is -0.649. The largest absolute Gasteiger partial charge is 0.497 e. The number of amides is 2. The summed E-state index contributed by atoms with van der Waals surface area (Å²) in [6, 6.07) is 9.00. The van der Waals surface area contributed by atoms with Crippen molar-refractivity contribution in [1.82, 2.24) is 5.32 Å². The zero-order valence-electron chi connectivity index (χ0n) is 14.2. The zero-order chi connectivity index (χ0) is 17.7. The van der Waals surface area contributed by atoms with Gasteiger partial charge in [0.1, 0.15) is 5.75 Å². The first kappa shape index (κ1) is 17.5. The molecule has 0 unspecified atom stereocenters. The number of hydrogen-bond acceptors (Lipinski definition) is 4. The molecule has 25 heavy (non-hydrogen) atoms. The van der Waals surface area contributed by atoms with Crippen LogP contribution in [0.2, 0.25) is 0 Å². The van der Waals surface area contributed by atoms with Crippen molar-refractivity contribution < 1.29 is 14.3 Å². The fraction of sp³-hybridized carbons (Fsp3) is 0.368. The van der Waals surface area contributed by atoms with Crippen LogP contribution in [0, 0.1) is 0 Å². The van der Waals surface area contributed by atoms with Crippen LogP contribution in [0.3, 0.4) is 0 Å². The third kappa shape index (κ3) is 4.02. The van der Waals surface area contributed by atoms with Gasteiger partial charge in [0, 0.05) is 17.6 Å². The van der Waals surface area contributed by atoms with Crippen molar-refractivity contribution in [2.45, 2.75) is 31.1 Å². The Kier molecular flexibility index (Phi) is 5.38. The van der Waals surface area contributed by atoms with E-state index in [1.807, 2.05) is 0 Å². The van der Waals surface area contributed by atoms with Crippen molar-refractivity contribution >= 4 is 28.8 Å². The first-order valence-electron chi connectivity index (χ1n) is 8.39. The maximum absolute atomic E-state index is 12.2. The third-order valence-electron chi connectivity index (χ3n) is 4.84. The number of thiophene rings is 1. The molecule has 1 aromatic heterocycles. The quantitative estimate of drug-likeness (QED) is 0.806. The van der Waals surface area contributed by atoms with Gasteiger partial charge in [0.25, 0.3) is 0 Å². The maximum Gasteiger partial charge on any atom is 0.313 e. The van der Waals surface area contributed by atoms with E-state index in [1.165, 1.54) is 5.56 Å². The van der Waals surface area contributed by atoms with Crippen LogP contribution in [0.15, 0.2) is 41.1 Å². The number of ether oxygens (including phenoxy) is 1. The predicted molar refractivity (Wildman–Crippen MR) is 99.1 cm³/mol. The molecule has 1 saturated carbocycles. The highest BCUT2D eigenvalue weighted by Crippen LogP contribution is 2.41. The first-order chi connectivity index (χ1) is 12.1. The van der Waals surface area contributed by atoms with Crippen LogP contribution in [0.25, 0.3) is 0 Å². The molecular weight excluding hydrogens is 336 g/mol. The van der Waals surface area contributed by atoms with Crippen LogP contribution in [-0.2, 0) is 15.0 Å². The third-order valence-corrected chi connectivity index (χ3v) is 5.52. The van der Waals surface area contributed by atoms with Gasteiger partial charge < -0.3 is 15.4 Å². The topological polar surface area (TPSA) is 67.4 Å². The molecule has 0 radical (unpaired) electrons. The van der Waals surface area contributed by atoms with Crippen LogP contribution < -0.4 is 15.4 Å². The molecule has 3 rings (SSSR count). The summed E-state index contributed by atoms with van der Waals surface area (Å²) >= 11 is 1.67. The molecule has 1 aromatic carbocycles. The molecule has 1 aliphatic rings.